The van der Waals surface area contributed by atoms with Gasteiger partial charge in [0.15, 0.2) is 0 Å². The molecule has 0 unspecified atom stereocenters. The number of halogens is 6. The summed E-state index contributed by atoms with van der Waals surface area (Å²) in [6.07, 6.45) is -5.80. The molecule has 0 radical (unpaired) electrons. The molecule has 1 aromatic carbocycles. The van der Waals surface area contributed by atoms with Crippen molar-refractivity contribution in [2.45, 2.75) is 77.2 Å². The van der Waals surface area contributed by atoms with Crippen molar-refractivity contribution < 1.29 is 40.7 Å². The molecule has 186 valence electrons. The van der Waals surface area contributed by atoms with Gasteiger partial charge in [-0.15, -0.1) is 0 Å². The first-order valence-corrected chi connectivity index (χ1v) is 10.4. The van der Waals surface area contributed by atoms with Gasteiger partial charge in [0.1, 0.15) is 0 Å². The first-order valence-electron chi connectivity index (χ1n) is 10.4. The summed E-state index contributed by atoms with van der Waals surface area (Å²) in [7, 11) is 0. The number of rotatable bonds is 10. The van der Waals surface area contributed by atoms with Crippen LogP contribution in [0, 0.1) is 0 Å². The smallest absolute Gasteiger partial charge is 0.354 e. The van der Waals surface area contributed by atoms with Crippen molar-refractivity contribution in [3.63, 3.8) is 0 Å². The van der Waals surface area contributed by atoms with E-state index >= 15 is 0 Å². The van der Waals surface area contributed by atoms with Crippen molar-refractivity contribution >= 4 is 17.7 Å². The van der Waals surface area contributed by atoms with Gasteiger partial charge >= 0.3 is 12.4 Å². The number of carbonyl (C=O) groups is 3. The Kier molecular flexibility index (Phi) is 10.7. The lowest BCUT2D eigenvalue weighted by Crippen LogP contribution is -2.42. The first-order chi connectivity index (χ1) is 15.2. The zero-order valence-corrected chi connectivity index (χ0v) is 18.3. The number of hydrogen-bond acceptors (Lipinski definition) is 3. The molecule has 1 aromatic rings. The van der Waals surface area contributed by atoms with E-state index in [1.807, 2.05) is 12.3 Å². The minimum atomic E-state index is -5.11. The monoisotopic (exact) mass is 483 g/mol. The Balaban J connectivity index is 2.58. The van der Waals surface area contributed by atoms with E-state index in [0.29, 0.717) is 0 Å². The molecule has 3 amide bonds. The maximum absolute atomic E-state index is 12.9. The molecule has 0 heterocycles. The normalized spacial score (nSPS) is 12.7. The molecule has 0 spiro atoms. The highest BCUT2D eigenvalue weighted by atomic mass is 19.4. The van der Waals surface area contributed by atoms with Crippen molar-refractivity contribution in [1.29, 1.82) is 0 Å². The number of benzene rings is 1. The Bertz CT molecular complexity index is 792. The fourth-order valence-electron chi connectivity index (χ4n) is 2.87. The van der Waals surface area contributed by atoms with Crippen LogP contribution in [0.5, 0.6) is 0 Å². The average Bonchev–Trinajstić information content (AvgIpc) is 2.72. The Morgan fingerprint density at radius 1 is 0.818 bits per heavy atom. The van der Waals surface area contributed by atoms with Gasteiger partial charge < -0.3 is 5.32 Å². The maximum atomic E-state index is 12.9. The largest absolute Gasteiger partial charge is 0.416 e. The molecule has 6 nitrogen and oxygen atoms in total. The quantitative estimate of drug-likeness (QED) is 0.255. The van der Waals surface area contributed by atoms with E-state index < -0.39 is 46.8 Å². The van der Waals surface area contributed by atoms with Crippen molar-refractivity contribution in [1.82, 2.24) is 16.2 Å². The number of hydrazine groups is 1. The Morgan fingerprint density at radius 3 is 1.88 bits per heavy atom. The van der Waals surface area contributed by atoms with Crippen LogP contribution < -0.4 is 16.2 Å². The van der Waals surface area contributed by atoms with Gasteiger partial charge in [0, 0.05) is 24.4 Å². The van der Waals surface area contributed by atoms with Crippen LogP contribution >= 0.6 is 0 Å². The predicted molar refractivity (Wildman–Crippen MR) is 108 cm³/mol. The van der Waals surface area contributed by atoms with Crippen LogP contribution in [-0.2, 0) is 21.9 Å². The Morgan fingerprint density at radius 2 is 1.36 bits per heavy atom. The molecule has 12 heteroatoms. The third-order valence-corrected chi connectivity index (χ3v) is 4.64. The molecule has 3 N–H and O–H groups in total. The molecule has 0 aliphatic carbocycles. The van der Waals surface area contributed by atoms with Crippen molar-refractivity contribution in [3.8, 4) is 0 Å². The Labute approximate surface area is 187 Å². The van der Waals surface area contributed by atoms with Gasteiger partial charge in [-0.25, -0.2) is 0 Å². The standard InChI is InChI=1S/C21H27F6N3O3/c1-3-4-5-6-7-13(2)28-17(31)8-9-18(32)29-30-19(33)14-10-15(20(22,23)24)12-16(11-14)21(25,26)27/h10-13H,3-9H2,1-2H3,(H,28,31)(H,29,32)(H,30,33)/t13-/m0/s1. The minimum Gasteiger partial charge on any atom is -0.354 e. The highest BCUT2D eigenvalue weighted by Gasteiger charge is 2.37. The highest BCUT2D eigenvalue weighted by Crippen LogP contribution is 2.36. The number of hydrogen-bond donors (Lipinski definition) is 3. The number of carbonyl (C=O) groups excluding carboxylic acids is 3. The molecule has 0 bridgehead atoms. The van der Waals surface area contributed by atoms with Crippen molar-refractivity contribution in [2.75, 3.05) is 0 Å². The minimum absolute atomic E-state index is 0.0825. The van der Waals surface area contributed by atoms with Crippen LogP contribution in [0.4, 0.5) is 26.3 Å². The van der Waals surface area contributed by atoms with Crippen LogP contribution in [-0.4, -0.2) is 23.8 Å². The van der Waals surface area contributed by atoms with Gasteiger partial charge in [-0.1, -0.05) is 32.6 Å². The maximum Gasteiger partial charge on any atom is 0.416 e. The fourth-order valence-corrected chi connectivity index (χ4v) is 2.87. The van der Waals surface area contributed by atoms with E-state index in [1.165, 1.54) is 0 Å². The van der Waals surface area contributed by atoms with Gasteiger partial charge in [0.25, 0.3) is 5.91 Å². The lowest BCUT2D eigenvalue weighted by atomic mass is 10.0. The van der Waals surface area contributed by atoms with Crippen LogP contribution in [0.3, 0.4) is 0 Å². The molecule has 0 aliphatic heterocycles. The molecule has 1 atom stereocenters. The number of alkyl halides is 6. The summed E-state index contributed by atoms with van der Waals surface area (Å²) in [5.74, 6) is -2.60. The van der Waals surface area contributed by atoms with Gasteiger partial charge in [0.2, 0.25) is 11.8 Å². The number of amides is 3. The second kappa shape index (κ2) is 12.4. The summed E-state index contributed by atoms with van der Waals surface area (Å²) in [6, 6.07) is 0.289. The van der Waals surface area contributed by atoms with Gasteiger partial charge in [0.05, 0.1) is 11.1 Å². The SMILES string of the molecule is CCCCCC[C@H](C)NC(=O)CCC(=O)NNC(=O)c1cc(C(F)(F)F)cc(C(F)(F)F)c1. The number of unbranched alkanes of at least 4 members (excludes halogenated alkanes) is 3. The van der Waals surface area contributed by atoms with Gasteiger partial charge in [-0.3, -0.25) is 25.2 Å². The molecule has 0 saturated carbocycles. The zero-order valence-electron chi connectivity index (χ0n) is 18.3. The molecule has 1 rings (SSSR count). The van der Waals surface area contributed by atoms with Gasteiger partial charge in [-0.05, 0) is 31.5 Å². The molecular formula is C21H27F6N3O3. The predicted octanol–water partition coefficient (Wildman–Crippen LogP) is 4.74. The van der Waals surface area contributed by atoms with Crippen LogP contribution in [0.2, 0.25) is 0 Å². The lowest BCUT2D eigenvalue weighted by molar-refractivity contribution is -0.143. The van der Waals surface area contributed by atoms with E-state index in [0.717, 1.165) is 32.1 Å². The fraction of sp³-hybridized carbons (Fsp3) is 0.571. The first kappa shape index (κ1) is 28.2. The van der Waals surface area contributed by atoms with E-state index in [1.54, 1.807) is 5.43 Å². The Hall–Kier alpha value is -2.79. The topological polar surface area (TPSA) is 87.3 Å². The van der Waals surface area contributed by atoms with E-state index in [4.69, 9.17) is 0 Å². The molecule has 0 aliphatic rings. The summed E-state index contributed by atoms with van der Waals surface area (Å²) in [4.78, 5) is 35.7. The second-order valence-corrected chi connectivity index (χ2v) is 7.61. The number of nitrogens with one attached hydrogen (secondary N) is 3. The molecule has 33 heavy (non-hydrogen) atoms. The van der Waals surface area contributed by atoms with E-state index in [-0.39, 0.29) is 37.1 Å². The van der Waals surface area contributed by atoms with E-state index in [2.05, 4.69) is 12.2 Å². The molecular weight excluding hydrogens is 456 g/mol. The van der Waals surface area contributed by atoms with Gasteiger partial charge in [-0.2, -0.15) is 26.3 Å². The molecule has 0 saturated heterocycles. The highest BCUT2D eigenvalue weighted by molar-refractivity contribution is 5.96. The zero-order chi connectivity index (χ0) is 25.2. The third-order valence-electron chi connectivity index (χ3n) is 4.64. The van der Waals surface area contributed by atoms with Crippen molar-refractivity contribution in [3.05, 3.63) is 34.9 Å². The summed E-state index contributed by atoms with van der Waals surface area (Å²) in [5, 5.41) is 2.72. The van der Waals surface area contributed by atoms with Crippen molar-refractivity contribution in [2.24, 2.45) is 0 Å². The summed E-state index contributed by atoms with van der Waals surface area (Å²) >= 11 is 0. The lowest BCUT2D eigenvalue weighted by Gasteiger charge is -2.15. The van der Waals surface area contributed by atoms with E-state index in [9.17, 15) is 40.7 Å². The van der Waals surface area contributed by atoms with Crippen LogP contribution in [0.15, 0.2) is 18.2 Å². The molecule has 0 aromatic heterocycles. The summed E-state index contributed by atoms with van der Waals surface area (Å²) in [6.45, 7) is 3.91. The summed E-state index contributed by atoms with van der Waals surface area (Å²) in [5.41, 5.74) is -0.625. The van der Waals surface area contributed by atoms with Crippen LogP contribution in [0.25, 0.3) is 0 Å². The second-order valence-electron chi connectivity index (χ2n) is 7.61. The summed E-state index contributed by atoms with van der Waals surface area (Å²) < 4.78 is 77.3. The average molecular weight is 483 g/mol. The third kappa shape index (κ3) is 10.6. The molecule has 0 fully saturated rings. The van der Waals surface area contributed by atoms with Crippen LogP contribution in [0.1, 0.15) is 80.3 Å².